The van der Waals surface area contributed by atoms with Crippen molar-refractivity contribution in [1.29, 1.82) is 0 Å². The van der Waals surface area contributed by atoms with Crippen LogP contribution in [-0.2, 0) is 4.79 Å². The van der Waals surface area contributed by atoms with E-state index in [4.69, 9.17) is 0 Å². The fraction of sp³-hybridized carbons (Fsp3) is 0.917. The highest BCUT2D eigenvalue weighted by Gasteiger charge is 2.11. The standard InChI is InChI=1S/C12H27N3O.2ClH/c1-5-8-15(6-2)9-7-14-12(16)11(3)10-13-4;;/h11,13H,5-10H2,1-4H3,(H,14,16);2*1H. The maximum atomic E-state index is 11.6. The van der Waals surface area contributed by atoms with Gasteiger partial charge < -0.3 is 15.5 Å². The molecule has 0 fully saturated rings. The fourth-order valence-electron chi connectivity index (χ4n) is 1.65. The monoisotopic (exact) mass is 301 g/mol. The molecule has 0 rings (SSSR count). The van der Waals surface area contributed by atoms with Gasteiger partial charge in [-0.15, -0.1) is 24.8 Å². The van der Waals surface area contributed by atoms with E-state index in [-0.39, 0.29) is 36.6 Å². The summed E-state index contributed by atoms with van der Waals surface area (Å²) < 4.78 is 0. The third-order valence-electron chi connectivity index (χ3n) is 2.67. The van der Waals surface area contributed by atoms with Crippen molar-refractivity contribution in [3.8, 4) is 0 Å². The fourth-order valence-corrected chi connectivity index (χ4v) is 1.65. The maximum Gasteiger partial charge on any atom is 0.224 e. The van der Waals surface area contributed by atoms with Gasteiger partial charge >= 0.3 is 0 Å². The number of amides is 1. The van der Waals surface area contributed by atoms with Gasteiger partial charge in [0.25, 0.3) is 0 Å². The number of likely N-dealkylation sites (N-methyl/N-ethyl adjacent to an activating group) is 1. The molecule has 1 amide bonds. The van der Waals surface area contributed by atoms with Crippen molar-refractivity contribution in [3.63, 3.8) is 0 Å². The molecule has 18 heavy (non-hydrogen) atoms. The van der Waals surface area contributed by atoms with Crippen LogP contribution in [0.25, 0.3) is 0 Å². The van der Waals surface area contributed by atoms with Crippen molar-refractivity contribution >= 4 is 30.7 Å². The number of nitrogens with zero attached hydrogens (tertiary/aromatic N) is 1. The molecule has 0 aliphatic rings. The Hall–Kier alpha value is -0.0300. The molecule has 0 spiro atoms. The van der Waals surface area contributed by atoms with Crippen LogP contribution in [-0.4, -0.2) is 50.6 Å². The van der Waals surface area contributed by atoms with Gasteiger partial charge in [-0.3, -0.25) is 4.79 Å². The summed E-state index contributed by atoms with van der Waals surface area (Å²) in [5, 5.41) is 5.98. The lowest BCUT2D eigenvalue weighted by Gasteiger charge is -2.20. The highest BCUT2D eigenvalue weighted by Crippen LogP contribution is 1.93. The van der Waals surface area contributed by atoms with E-state index in [1.54, 1.807) is 0 Å². The van der Waals surface area contributed by atoms with Crippen molar-refractivity contribution in [1.82, 2.24) is 15.5 Å². The summed E-state index contributed by atoms with van der Waals surface area (Å²) in [4.78, 5) is 13.9. The Morgan fingerprint density at radius 1 is 1.22 bits per heavy atom. The molecule has 4 nitrogen and oxygen atoms in total. The molecule has 0 heterocycles. The molecule has 0 saturated carbocycles. The molecule has 0 aromatic carbocycles. The van der Waals surface area contributed by atoms with E-state index in [0.717, 1.165) is 39.1 Å². The van der Waals surface area contributed by atoms with Gasteiger partial charge in [-0.1, -0.05) is 20.8 Å². The van der Waals surface area contributed by atoms with E-state index in [2.05, 4.69) is 29.4 Å². The summed E-state index contributed by atoms with van der Waals surface area (Å²) >= 11 is 0. The Balaban J connectivity index is -0.00000112. The lowest BCUT2D eigenvalue weighted by molar-refractivity contribution is -0.124. The molecule has 1 unspecified atom stereocenters. The van der Waals surface area contributed by atoms with Crippen LogP contribution >= 0.6 is 24.8 Å². The maximum absolute atomic E-state index is 11.6. The van der Waals surface area contributed by atoms with Crippen LogP contribution in [0, 0.1) is 5.92 Å². The molecule has 0 radical (unpaired) electrons. The minimum Gasteiger partial charge on any atom is -0.355 e. The van der Waals surface area contributed by atoms with Crippen molar-refractivity contribution < 1.29 is 4.79 Å². The third kappa shape index (κ3) is 11.1. The Labute approximate surface area is 124 Å². The van der Waals surface area contributed by atoms with Crippen LogP contribution in [0.2, 0.25) is 0 Å². The van der Waals surface area contributed by atoms with Crippen LogP contribution in [0.4, 0.5) is 0 Å². The smallest absolute Gasteiger partial charge is 0.224 e. The summed E-state index contributed by atoms with van der Waals surface area (Å²) in [6.45, 7) is 10.9. The zero-order valence-electron chi connectivity index (χ0n) is 12.0. The normalized spacial score (nSPS) is 11.4. The summed E-state index contributed by atoms with van der Waals surface area (Å²) in [7, 11) is 1.86. The molecule has 0 aliphatic carbocycles. The van der Waals surface area contributed by atoms with Gasteiger partial charge in [0.1, 0.15) is 0 Å². The van der Waals surface area contributed by atoms with Crippen molar-refractivity contribution in [2.45, 2.75) is 27.2 Å². The van der Waals surface area contributed by atoms with E-state index in [0.29, 0.717) is 0 Å². The first-order valence-electron chi connectivity index (χ1n) is 6.30. The quantitative estimate of drug-likeness (QED) is 0.679. The number of carbonyl (C=O) groups excluding carboxylic acids is 1. The number of halogens is 2. The molecule has 0 aromatic heterocycles. The summed E-state index contributed by atoms with van der Waals surface area (Å²) in [5.41, 5.74) is 0. The zero-order valence-corrected chi connectivity index (χ0v) is 13.6. The number of nitrogens with one attached hydrogen (secondary N) is 2. The molecule has 0 aliphatic heterocycles. The highest BCUT2D eigenvalue weighted by atomic mass is 35.5. The summed E-state index contributed by atoms with van der Waals surface area (Å²) in [6, 6.07) is 0. The van der Waals surface area contributed by atoms with Gasteiger partial charge in [0, 0.05) is 25.6 Å². The van der Waals surface area contributed by atoms with Gasteiger partial charge in [0.05, 0.1) is 0 Å². The Bertz CT molecular complexity index is 194. The van der Waals surface area contributed by atoms with Crippen molar-refractivity contribution in [2.75, 3.05) is 39.8 Å². The summed E-state index contributed by atoms with van der Waals surface area (Å²) in [6.07, 6.45) is 1.16. The topological polar surface area (TPSA) is 44.4 Å². The van der Waals surface area contributed by atoms with Crippen LogP contribution in [0.1, 0.15) is 27.2 Å². The van der Waals surface area contributed by atoms with E-state index < -0.39 is 0 Å². The van der Waals surface area contributed by atoms with E-state index in [9.17, 15) is 4.79 Å². The van der Waals surface area contributed by atoms with Crippen molar-refractivity contribution in [3.05, 3.63) is 0 Å². The van der Waals surface area contributed by atoms with E-state index in [1.807, 2.05) is 14.0 Å². The predicted molar refractivity (Wildman–Crippen MR) is 83.0 cm³/mol. The molecule has 0 bridgehead atoms. The Morgan fingerprint density at radius 3 is 2.28 bits per heavy atom. The second-order valence-electron chi connectivity index (χ2n) is 4.18. The molecular weight excluding hydrogens is 273 g/mol. The number of rotatable bonds is 9. The first-order chi connectivity index (χ1) is 7.65. The lowest BCUT2D eigenvalue weighted by Crippen LogP contribution is -2.39. The second-order valence-corrected chi connectivity index (χ2v) is 4.18. The second kappa shape index (κ2) is 15.0. The average molecular weight is 302 g/mol. The first kappa shape index (κ1) is 23.1. The third-order valence-corrected chi connectivity index (χ3v) is 2.67. The molecule has 112 valence electrons. The van der Waals surface area contributed by atoms with Gasteiger partial charge in [-0.05, 0) is 26.6 Å². The first-order valence-corrected chi connectivity index (χ1v) is 6.30. The van der Waals surface area contributed by atoms with Gasteiger partial charge in [-0.25, -0.2) is 0 Å². The lowest BCUT2D eigenvalue weighted by atomic mass is 10.1. The zero-order chi connectivity index (χ0) is 12.4. The molecular formula is C12H29Cl2N3O. The van der Waals surface area contributed by atoms with Crippen LogP contribution in [0.5, 0.6) is 0 Å². The molecule has 0 saturated heterocycles. The average Bonchev–Trinajstić information content (AvgIpc) is 2.28. The summed E-state index contributed by atoms with van der Waals surface area (Å²) in [5.74, 6) is 0.188. The molecule has 0 aromatic rings. The predicted octanol–water partition coefficient (Wildman–Crippen LogP) is 1.53. The Morgan fingerprint density at radius 2 is 1.83 bits per heavy atom. The molecule has 1 atom stereocenters. The largest absolute Gasteiger partial charge is 0.355 e. The van der Waals surface area contributed by atoms with Gasteiger partial charge in [-0.2, -0.15) is 0 Å². The van der Waals surface area contributed by atoms with Crippen molar-refractivity contribution in [2.24, 2.45) is 5.92 Å². The van der Waals surface area contributed by atoms with E-state index >= 15 is 0 Å². The Kier molecular flexibility index (Phi) is 19.3. The minimum absolute atomic E-state index is 0. The SMILES string of the molecule is CCCN(CC)CCNC(=O)C(C)CNC.Cl.Cl. The number of hydrogen-bond donors (Lipinski definition) is 2. The van der Waals surface area contributed by atoms with E-state index in [1.165, 1.54) is 0 Å². The van der Waals surface area contributed by atoms with Crippen LogP contribution in [0.15, 0.2) is 0 Å². The van der Waals surface area contributed by atoms with Crippen LogP contribution in [0.3, 0.4) is 0 Å². The highest BCUT2D eigenvalue weighted by molar-refractivity contribution is 5.85. The van der Waals surface area contributed by atoms with Crippen LogP contribution < -0.4 is 10.6 Å². The molecule has 6 heteroatoms. The van der Waals surface area contributed by atoms with Gasteiger partial charge in [0.15, 0.2) is 0 Å². The van der Waals surface area contributed by atoms with Gasteiger partial charge in [0.2, 0.25) is 5.91 Å². The number of hydrogen-bond acceptors (Lipinski definition) is 3. The number of carbonyl (C=O) groups is 1. The minimum atomic E-state index is 0. The molecule has 2 N–H and O–H groups in total.